The second-order valence-corrected chi connectivity index (χ2v) is 7.94. The van der Waals surface area contributed by atoms with E-state index in [-0.39, 0.29) is 29.9 Å². The fraction of sp³-hybridized carbons (Fsp3) is 0.619. The lowest BCUT2D eigenvalue weighted by molar-refractivity contribution is -0.128. The van der Waals surface area contributed by atoms with Gasteiger partial charge in [0.2, 0.25) is 5.91 Å². The number of amides is 1. The summed E-state index contributed by atoms with van der Waals surface area (Å²) in [6.45, 7) is 9.10. The van der Waals surface area contributed by atoms with Crippen LogP contribution in [0.3, 0.4) is 0 Å². The Kier molecular flexibility index (Phi) is 8.38. The molecule has 6 heteroatoms. The van der Waals surface area contributed by atoms with Crippen LogP contribution in [0, 0.1) is 11.8 Å². The van der Waals surface area contributed by atoms with Crippen LogP contribution in [0.2, 0.25) is 0 Å². The van der Waals surface area contributed by atoms with Crippen molar-refractivity contribution in [2.24, 2.45) is 16.8 Å². The first kappa shape index (κ1) is 22.0. The number of hydrogen-bond acceptors (Lipinski definition) is 2. The van der Waals surface area contributed by atoms with Crippen molar-refractivity contribution in [3.05, 3.63) is 35.4 Å². The van der Waals surface area contributed by atoms with E-state index in [2.05, 4.69) is 53.3 Å². The molecular weight excluding hydrogens is 451 g/mol. The Balaban J connectivity index is 0.00000261. The standard InChI is InChI=1S/C21H32N4O.HI/c1-16-11-17(2)14-25(13-16)21(22-3)23-12-18-7-4-5-8-19(18)15-24-10-6-9-20(24)26;/h4-5,7-8,16-17H,6,9-15H2,1-3H3,(H,22,23);1H. The molecule has 0 spiro atoms. The lowest BCUT2D eigenvalue weighted by Gasteiger charge is -2.37. The van der Waals surface area contributed by atoms with Gasteiger partial charge in [-0.15, -0.1) is 24.0 Å². The number of nitrogens with one attached hydrogen (secondary N) is 1. The molecule has 27 heavy (non-hydrogen) atoms. The van der Waals surface area contributed by atoms with Gasteiger partial charge < -0.3 is 15.1 Å². The minimum absolute atomic E-state index is 0. The molecule has 0 aliphatic carbocycles. The number of nitrogens with zero attached hydrogens (tertiary/aromatic N) is 3. The Morgan fingerprint density at radius 2 is 1.85 bits per heavy atom. The van der Waals surface area contributed by atoms with E-state index in [1.54, 1.807) is 0 Å². The molecule has 0 saturated carbocycles. The van der Waals surface area contributed by atoms with Crippen molar-refractivity contribution < 1.29 is 4.79 Å². The zero-order valence-electron chi connectivity index (χ0n) is 16.8. The number of carbonyl (C=O) groups is 1. The van der Waals surface area contributed by atoms with Gasteiger partial charge in [-0.1, -0.05) is 38.1 Å². The van der Waals surface area contributed by atoms with Crippen molar-refractivity contribution in [2.75, 3.05) is 26.7 Å². The van der Waals surface area contributed by atoms with Crippen LogP contribution in [0.15, 0.2) is 29.3 Å². The highest BCUT2D eigenvalue weighted by Crippen LogP contribution is 2.21. The quantitative estimate of drug-likeness (QED) is 0.405. The average molecular weight is 484 g/mol. The first-order chi connectivity index (χ1) is 12.6. The summed E-state index contributed by atoms with van der Waals surface area (Å²) >= 11 is 0. The molecule has 2 atom stereocenters. The molecule has 2 aliphatic heterocycles. The van der Waals surface area contributed by atoms with Gasteiger partial charge in [0, 0.05) is 46.2 Å². The molecule has 2 aliphatic rings. The van der Waals surface area contributed by atoms with Gasteiger partial charge in [-0.25, -0.2) is 0 Å². The topological polar surface area (TPSA) is 47.9 Å². The first-order valence-corrected chi connectivity index (χ1v) is 9.87. The van der Waals surface area contributed by atoms with Crippen molar-refractivity contribution in [3.8, 4) is 0 Å². The van der Waals surface area contributed by atoms with Gasteiger partial charge in [-0.3, -0.25) is 9.79 Å². The number of benzene rings is 1. The van der Waals surface area contributed by atoms with Gasteiger partial charge >= 0.3 is 0 Å². The second-order valence-electron chi connectivity index (χ2n) is 7.94. The van der Waals surface area contributed by atoms with E-state index in [4.69, 9.17) is 0 Å². The molecule has 2 unspecified atom stereocenters. The monoisotopic (exact) mass is 484 g/mol. The van der Waals surface area contributed by atoms with Crippen molar-refractivity contribution in [1.82, 2.24) is 15.1 Å². The van der Waals surface area contributed by atoms with Crippen LogP contribution in [-0.4, -0.2) is 48.3 Å². The van der Waals surface area contributed by atoms with Crippen molar-refractivity contribution in [3.63, 3.8) is 0 Å². The molecule has 0 aromatic heterocycles. The van der Waals surface area contributed by atoms with Crippen LogP contribution >= 0.6 is 24.0 Å². The molecule has 2 heterocycles. The largest absolute Gasteiger partial charge is 0.352 e. The summed E-state index contributed by atoms with van der Waals surface area (Å²) in [5, 5.41) is 3.55. The van der Waals surface area contributed by atoms with Crippen LogP contribution in [0.4, 0.5) is 0 Å². The molecule has 5 nitrogen and oxygen atoms in total. The van der Waals surface area contributed by atoms with Gasteiger partial charge in [-0.05, 0) is 35.8 Å². The second kappa shape index (κ2) is 10.3. The van der Waals surface area contributed by atoms with E-state index in [9.17, 15) is 4.79 Å². The Bertz CT molecular complexity index is 653. The minimum atomic E-state index is 0. The van der Waals surface area contributed by atoms with Crippen LogP contribution in [-0.2, 0) is 17.9 Å². The van der Waals surface area contributed by atoms with Crippen LogP contribution in [0.25, 0.3) is 0 Å². The van der Waals surface area contributed by atoms with E-state index in [1.807, 2.05) is 11.9 Å². The van der Waals surface area contributed by atoms with E-state index < -0.39 is 0 Å². The molecule has 0 radical (unpaired) electrons. The molecule has 2 fully saturated rings. The Hall–Kier alpha value is -1.31. The predicted octanol–water partition coefficient (Wildman–Crippen LogP) is 3.48. The number of aliphatic imine (C=N–C) groups is 1. The van der Waals surface area contributed by atoms with E-state index in [0.29, 0.717) is 24.8 Å². The summed E-state index contributed by atoms with van der Waals surface area (Å²) in [4.78, 5) is 20.8. The lowest BCUT2D eigenvalue weighted by atomic mass is 9.92. The number of guanidine groups is 1. The number of carbonyl (C=O) groups excluding carboxylic acids is 1. The summed E-state index contributed by atoms with van der Waals surface area (Å²) in [6, 6.07) is 8.41. The van der Waals surface area contributed by atoms with Gasteiger partial charge in [0.15, 0.2) is 5.96 Å². The summed E-state index contributed by atoms with van der Waals surface area (Å²) in [5.41, 5.74) is 2.47. The third kappa shape index (κ3) is 5.83. The normalized spacial score (nSPS) is 23.4. The maximum Gasteiger partial charge on any atom is 0.222 e. The van der Waals surface area contributed by atoms with Crippen molar-refractivity contribution >= 4 is 35.8 Å². The molecule has 150 valence electrons. The van der Waals surface area contributed by atoms with E-state index >= 15 is 0 Å². The number of likely N-dealkylation sites (tertiary alicyclic amines) is 2. The Morgan fingerprint density at radius 1 is 1.19 bits per heavy atom. The zero-order chi connectivity index (χ0) is 18.5. The molecule has 0 bridgehead atoms. The molecular formula is C21H33IN4O. The molecule has 1 aromatic carbocycles. The minimum Gasteiger partial charge on any atom is -0.352 e. The Morgan fingerprint density at radius 3 is 2.44 bits per heavy atom. The third-order valence-corrected chi connectivity index (χ3v) is 5.47. The van der Waals surface area contributed by atoms with Crippen LogP contribution in [0.5, 0.6) is 0 Å². The fourth-order valence-electron chi connectivity index (χ4n) is 4.30. The molecule has 1 aromatic rings. The SMILES string of the molecule is CN=C(NCc1ccccc1CN1CCCC1=O)N1CC(C)CC(C)C1.I. The fourth-order valence-corrected chi connectivity index (χ4v) is 4.30. The van der Waals surface area contributed by atoms with E-state index in [0.717, 1.165) is 38.6 Å². The zero-order valence-corrected chi connectivity index (χ0v) is 19.1. The molecule has 2 saturated heterocycles. The maximum atomic E-state index is 12.0. The van der Waals surface area contributed by atoms with Crippen molar-refractivity contribution in [2.45, 2.75) is 46.2 Å². The predicted molar refractivity (Wildman–Crippen MR) is 121 cm³/mol. The summed E-state index contributed by atoms with van der Waals surface area (Å²) in [7, 11) is 1.86. The van der Waals surface area contributed by atoms with Crippen LogP contribution < -0.4 is 5.32 Å². The van der Waals surface area contributed by atoms with Crippen molar-refractivity contribution in [1.29, 1.82) is 0 Å². The highest BCUT2D eigenvalue weighted by Gasteiger charge is 2.24. The summed E-state index contributed by atoms with van der Waals surface area (Å²) < 4.78 is 0. The third-order valence-electron chi connectivity index (χ3n) is 5.47. The number of piperidine rings is 1. The van der Waals surface area contributed by atoms with E-state index in [1.165, 1.54) is 17.5 Å². The van der Waals surface area contributed by atoms with Gasteiger partial charge in [-0.2, -0.15) is 0 Å². The number of hydrogen-bond donors (Lipinski definition) is 1. The van der Waals surface area contributed by atoms with Gasteiger partial charge in [0.05, 0.1) is 0 Å². The van der Waals surface area contributed by atoms with Gasteiger partial charge in [0.25, 0.3) is 0 Å². The lowest BCUT2D eigenvalue weighted by Crippen LogP contribution is -2.48. The number of rotatable bonds is 4. The highest BCUT2D eigenvalue weighted by atomic mass is 127. The average Bonchev–Trinajstić information content (AvgIpc) is 3.01. The maximum absolute atomic E-state index is 12.0. The van der Waals surface area contributed by atoms with Gasteiger partial charge in [0.1, 0.15) is 0 Å². The summed E-state index contributed by atoms with van der Waals surface area (Å²) in [5.74, 6) is 2.66. The van der Waals surface area contributed by atoms with Crippen LogP contribution in [0.1, 0.15) is 44.2 Å². The summed E-state index contributed by atoms with van der Waals surface area (Å²) in [6.07, 6.45) is 2.97. The highest BCUT2D eigenvalue weighted by molar-refractivity contribution is 14.0. The number of halogens is 1. The molecule has 1 N–H and O–H groups in total. The molecule has 3 rings (SSSR count). The Labute approximate surface area is 180 Å². The molecule has 1 amide bonds. The first-order valence-electron chi connectivity index (χ1n) is 9.87. The smallest absolute Gasteiger partial charge is 0.222 e.